The van der Waals surface area contributed by atoms with Crippen LogP contribution in [0.25, 0.3) is 27.9 Å². The summed E-state index contributed by atoms with van der Waals surface area (Å²) in [5.74, 6) is 5.99. The minimum atomic E-state index is -0.508. The number of hydrogen-bond acceptors (Lipinski definition) is 7. The SMILES string of the molecule is C[C@@H](NC(=O)c1c(N)nn2cccnc12)c1nc2cccc(C#Cc3ccn(C)n3)c2nc1-c1ccccc1. The van der Waals surface area contributed by atoms with Crippen LogP contribution in [0.1, 0.15) is 40.3 Å². The lowest BCUT2D eigenvalue weighted by Gasteiger charge is -2.18. The number of aromatic nitrogens is 7. The van der Waals surface area contributed by atoms with Crippen LogP contribution in [0.4, 0.5) is 5.82 Å². The van der Waals surface area contributed by atoms with Crippen molar-refractivity contribution in [1.82, 2.24) is 39.7 Å². The Kier molecular flexibility index (Phi) is 5.93. The monoisotopic (exact) mass is 513 g/mol. The van der Waals surface area contributed by atoms with Gasteiger partial charge in [0.2, 0.25) is 0 Å². The molecule has 39 heavy (non-hydrogen) atoms. The number of nitrogens with one attached hydrogen (secondary N) is 1. The Bertz CT molecular complexity index is 1910. The third kappa shape index (κ3) is 4.53. The normalized spacial score (nSPS) is 11.7. The summed E-state index contributed by atoms with van der Waals surface area (Å²) in [4.78, 5) is 27.6. The lowest BCUT2D eigenvalue weighted by atomic mass is 10.0. The first-order valence-corrected chi connectivity index (χ1v) is 12.3. The molecule has 0 unspecified atom stereocenters. The minimum Gasteiger partial charge on any atom is -0.381 e. The molecular formula is C29H23N9O. The van der Waals surface area contributed by atoms with E-state index in [9.17, 15) is 4.79 Å². The molecule has 1 atom stereocenters. The fourth-order valence-electron chi connectivity index (χ4n) is 4.37. The standard InChI is InChI=1S/C29H23N9O/c1-18(32-29(39)23-27(30)36-38-16-7-15-31-28(23)38)24-26(19-8-4-3-5-9-19)34-25-20(10-6-11-22(25)33-24)12-13-21-14-17-37(2)35-21/h3-11,14-18H,1-2H3,(H2,30,36)(H,32,39)/t18-/m1/s1. The third-order valence-corrected chi connectivity index (χ3v) is 6.22. The molecule has 0 radical (unpaired) electrons. The molecule has 6 rings (SSSR count). The lowest BCUT2D eigenvalue weighted by Crippen LogP contribution is -2.28. The van der Waals surface area contributed by atoms with Crippen LogP contribution in [0.3, 0.4) is 0 Å². The second-order valence-corrected chi connectivity index (χ2v) is 8.96. The summed E-state index contributed by atoms with van der Waals surface area (Å²) in [5, 5.41) is 11.5. The molecule has 1 amide bonds. The van der Waals surface area contributed by atoms with Crippen molar-refractivity contribution >= 4 is 28.4 Å². The Hall–Kier alpha value is -5.56. The van der Waals surface area contributed by atoms with Gasteiger partial charge in [0, 0.05) is 31.2 Å². The predicted octanol–water partition coefficient (Wildman–Crippen LogP) is 3.55. The van der Waals surface area contributed by atoms with Crippen LogP contribution in [0.5, 0.6) is 0 Å². The largest absolute Gasteiger partial charge is 0.381 e. The fourth-order valence-corrected chi connectivity index (χ4v) is 4.37. The zero-order valence-electron chi connectivity index (χ0n) is 21.2. The molecule has 0 aliphatic heterocycles. The predicted molar refractivity (Wildman–Crippen MR) is 147 cm³/mol. The molecule has 4 aromatic heterocycles. The maximum Gasteiger partial charge on any atom is 0.259 e. The number of aryl methyl sites for hydroxylation is 1. The Morgan fingerprint density at radius 2 is 1.82 bits per heavy atom. The molecular weight excluding hydrogens is 490 g/mol. The van der Waals surface area contributed by atoms with Crippen LogP contribution in [0.15, 0.2) is 79.3 Å². The zero-order valence-corrected chi connectivity index (χ0v) is 21.2. The van der Waals surface area contributed by atoms with Crippen molar-refractivity contribution in [2.45, 2.75) is 13.0 Å². The molecule has 190 valence electrons. The average Bonchev–Trinajstić information content (AvgIpc) is 3.52. The summed E-state index contributed by atoms with van der Waals surface area (Å²) >= 11 is 0. The maximum atomic E-state index is 13.4. The second kappa shape index (κ2) is 9.72. The first-order valence-electron chi connectivity index (χ1n) is 12.3. The second-order valence-electron chi connectivity index (χ2n) is 8.96. The molecule has 0 bridgehead atoms. The molecule has 0 saturated carbocycles. The van der Waals surface area contributed by atoms with Gasteiger partial charge in [-0.2, -0.15) is 5.10 Å². The van der Waals surface area contributed by atoms with Gasteiger partial charge in [-0.25, -0.2) is 19.5 Å². The van der Waals surface area contributed by atoms with Gasteiger partial charge in [0.1, 0.15) is 16.8 Å². The summed E-state index contributed by atoms with van der Waals surface area (Å²) in [5.41, 5.74) is 11.5. The van der Waals surface area contributed by atoms with Crippen LogP contribution in [-0.2, 0) is 7.05 Å². The number of hydrogen-bond donors (Lipinski definition) is 2. The quantitative estimate of drug-likeness (QED) is 0.345. The topological polar surface area (TPSA) is 129 Å². The average molecular weight is 514 g/mol. The Labute approximate surface area is 223 Å². The van der Waals surface area contributed by atoms with E-state index in [-0.39, 0.29) is 11.4 Å². The summed E-state index contributed by atoms with van der Waals surface area (Å²) < 4.78 is 3.19. The van der Waals surface area contributed by atoms with Crippen LogP contribution < -0.4 is 11.1 Å². The number of carbonyl (C=O) groups excluding carboxylic acids is 1. The van der Waals surface area contributed by atoms with E-state index in [1.54, 1.807) is 23.1 Å². The van der Waals surface area contributed by atoms with Crippen LogP contribution in [0, 0.1) is 11.8 Å². The fraction of sp³-hybridized carbons (Fsp3) is 0.103. The molecule has 4 heterocycles. The molecule has 0 spiro atoms. The Morgan fingerprint density at radius 1 is 0.974 bits per heavy atom. The van der Waals surface area contributed by atoms with E-state index in [1.165, 1.54) is 4.52 Å². The van der Waals surface area contributed by atoms with Crippen molar-refractivity contribution in [3.05, 3.63) is 102 Å². The minimum absolute atomic E-state index is 0.0994. The van der Waals surface area contributed by atoms with Gasteiger partial charge in [-0.15, -0.1) is 5.10 Å². The van der Waals surface area contributed by atoms with E-state index < -0.39 is 11.9 Å². The van der Waals surface area contributed by atoms with E-state index in [0.29, 0.717) is 33.8 Å². The van der Waals surface area contributed by atoms with Gasteiger partial charge in [0.05, 0.1) is 28.5 Å². The number of amides is 1. The third-order valence-electron chi connectivity index (χ3n) is 6.22. The highest BCUT2D eigenvalue weighted by atomic mass is 16.1. The molecule has 2 aromatic carbocycles. The molecule has 0 aliphatic carbocycles. The molecule has 6 aromatic rings. The number of rotatable bonds is 4. The molecule has 10 heteroatoms. The van der Waals surface area contributed by atoms with Crippen molar-refractivity contribution in [2.75, 3.05) is 5.73 Å². The Balaban J connectivity index is 1.43. The molecule has 0 fully saturated rings. The summed E-state index contributed by atoms with van der Waals surface area (Å²) in [6, 6.07) is 18.5. The van der Waals surface area contributed by atoms with Gasteiger partial charge in [-0.1, -0.05) is 42.3 Å². The van der Waals surface area contributed by atoms with E-state index >= 15 is 0 Å². The van der Waals surface area contributed by atoms with E-state index in [0.717, 1.165) is 11.1 Å². The van der Waals surface area contributed by atoms with Gasteiger partial charge in [-0.05, 0) is 37.1 Å². The van der Waals surface area contributed by atoms with E-state index in [1.807, 2.05) is 74.8 Å². The van der Waals surface area contributed by atoms with Crippen LogP contribution in [0.2, 0.25) is 0 Å². The summed E-state index contributed by atoms with van der Waals surface area (Å²) in [7, 11) is 1.85. The molecule has 3 N–H and O–H groups in total. The molecule has 10 nitrogen and oxygen atoms in total. The highest BCUT2D eigenvalue weighted by molar-refractivity contribution is 6.04. The highest BCUT2D eigenvalue weighted by Gasteiger charge is 2.24. The number of carbonyl (C=O) groups is 1. The summed E-state index contributed by atoms with van der Waals surface area (Å²) in [6.45, 7) is 1.86. The van der Waals surface area contributed by atoms with Crippen molar-refractivity contribution in [1.29, 1.82) is 0 Å². The first kappa shape index (κ1) is 23.8. The lowest BCUT2D eigenvalue weighted by molar-refractivity contribution is 0.0941. The van der Waals surface area contributed by atoms with Crippen LogP contribution >= 0.6 is 0 Å². The smallest absolute Gasteiger partial charge is 0.259 e. The van der Waals surface area contributed by atoms with Gasteiger partial charge in [0.25, 0.3) is 5.91 Å². The zero-order chi connectivity index (χ0) is 26.9. The highest BCUT2D eigenvalue weighted by Crippen LogP contribution is 2.29. The Morgan fingerprint density at radius 3 is 2.62 bits per heavy atom. The first-order chi connectivity index (χ1) is 19.0. The van der Waals surface area contributed by atoms with E-state index in [4.69, 9.17) is 15.7 Å². The number of nitrogen functional groups attached to an aromatic ring is 1. The van der Waals surface area contributed by atoms with Crippen molar-refractivity contribution in [3.8, 4) is 23.1 Å². The number of anilines is 1. The number of para-hydroxylation sites is 1. The van der Waals surface area contributed by atoms with Gasteiger partial charge in [0.15, 0.2) is 11.5 Å². The van der Waals surface area contributed by atoms with Gasteiger partial charge in [-0.3, -0.25) is 9.48 Å². The number of nitrogens with two attached hydrogens (primary N) is 1. The van der Waals surface area contributed by atoms with Crippen LogP contribution in [-0.4, -0.2) is 40.3 Å². The van der Waals surface area contributed by atoms with Crippen molar-refractivity contribution in [2.24, 2.45) is 7.05 Å². The number of fused-ring (bicyclic) bond motifs is 2. The van der Waals surface area contributed by atoms with Gasteiger partial charge < -0.3 is 11.1 Å². The number of nitrogens with zero attached hydrogens (tertiary/aromatic N) is 7. The summed E-state index contributed by atoms with van der Waals surface area (Å²) in [6.07, 6.45) is 5.13. The van der Waals surface area contributed by atoms with E-state index in [2.05, 4.69) is 32.3 Å². The maximum absolute atomic E-state index is 13.4. The molecule has 0 aliphatic rings. The number of benzene rings is 2. The van der Waals surface area contributed by atoms with Gasteiger partial charge >= 0.3 is 0 Å². The van der Waals surface area contributed by atoms with Crippen molar-refractivity contribution < 1.29 is 4.79 Å². The molecule has 0 saturated heterocycles. The van der Waals surface area contributed by atoms with Crippen molar-refractivity contribution in [3.63, 3.8) is 0 Å².